The summed E-state index contributed by atoms with van der Waals surface area (Å²) in [5, 5.41) is 2.06. The number of hydrogen-bond acceptors (Lipinski definition) is 3. The van der Waals surface area contributed by atoms with Gasteiger partial charge < -0.3 is 9.32 Å². The highest BCUT2D eigenvalue weighted by molar-refractivity contribution is 7.11. The standard InChI is InChI=1S/C29H35NO2S/c1-22(28-14-8-18-33-28)19-26(27-13-7-17-32-27)30(2)29(31)21-25-12-6-11-24(15-16-25)20-23-9-4-3-5-10-23/h3-5,7-10,13-14,17-18,24-26H,1,6,11-12,15-16,19-21H2,2H3. The van der Waals surface area contributed by atoms with Crippen molar-refractivity contribution in [2.24, 2.45) is 11.8 Å². The maximum atomic E-state index is 13.4. The molecule has 4 heteroatoms. The Balaban J connectivity index is 1.35. The van der Waals surface area contributed by atoms with Gasteiger partial charge in [-0.3, -0.25) is 4.79 Å². The lowest BCUT2D eigenvalue weighted by molar-refractivity contribution is -0.133. The minimum absolute atomic E-state index is 0.126. The van der Waals surface area contributed by atoms with Crippen molar-refractivity contribution in [2.45, 2.75) is 57.4 Å². The third kappa shape index (κ3) is 6.48. The van der Waals surface area contributed by atoms with Gasteiger partial charge in [0.05, 0.1) is 12.3 Å². The Hall–Kier alpha value is -2.59. The van der Waals surface area contributed by atoms with E-state index in [1.165, 1.54) is 29.7 Å². The monoisotopic (exact) mass is 461 g/mol. The average molecular weight is 462 g/mol. The van der Waals surface area contributed by atoms with Crippen LogP contribution in [-0.2, 0) is 11.2 Å². The van der Waals surface area contributed by atoms with Crippen LogP contribution in [0.2, 0.25) is 0 Å². The molecule has 1 fully saturated rings. The summed E-state index contributed by atoms with van der Waals surface area (Å²) in [4.78, 5) is 16.4. The van der Waals surface area contributed by atoms with Crippen molar-refractivity contribution in [3.63, 3.8) is 0 Å². The van der Waals surface area contributed by atoms with Gasteiger partial charge in [-0.15, -0.1) is 11.3 Å². The van der Waals surface area contributed by atoms with Crippen molar-refractivity contribution in [2.75, 3.05) is 7.05 Å². The quantitative estimate of drug-likeness (QED) is 0.305. The van der Waals surface area contributed by atoms with E-state index in [1.807, 2.05) is 30.1 Å². The van der Waals surface area contributed by atoms with Gasteiger partial charge in [0.2, 0.25) is 5.91 Å². The number of benzene rings is 1. The van der Waals surface area contributed by atoms with Crippen LogP contribution in [0.4, 0.5) is 0 Å². The first-order valence-corrected chi connectivity index (χ1v) is 13.0. The van der Waals surface area contributed by atoms with E-state index in [1.54, 1.807) is 17.6 Å². The van der Waals surface area contributed by atoms with Crippen molar-refractivity contribution in [3.8, 4) is 0 Å². The fourth-order valence-electron chi connectivity index (χ4n) is 5.10. The first-order valence-electron chi connectivity index (χ1n) is 12.1. The smallest absolute Gasteiger partial charge is 0.223 e. The predicted molar refractivity (Wildman–Crippen MR) is 137 cm³/mol. The number of amides is 1. The maximum Gasteiger partial charge on any atom is 0.223 e. The molecule has 0 saturated heterocycles. The first-order chi connectivity index (χ1) is 16.1. The Morgan fingerprint density at radius 1 is 1.06 bits per heavy atom. The molecule has 1 aliphatic rings. The molecule has 0 N–H and O–H groups in total. The van der Waals surface area contributed by atoms with Gasteiger partial charge in [0, 0.05) is 24.8 Å². The molecule has 0 radical (unpaired) electrons. The highest BCUT2D eigenvalue weighted by Crippen LogP contribution is 2.35. The van der Waals surface area contributed by atoms with Gasteiger partial charge in [-0.2, -0.15) is 0 Å². The summed E-state index contributed by atoms with van der Waals surface area (Å²) in [7, 11) is 1.92. The Labute approximate surface area is 202 Å². The van der Waals surface area contributed by atoms with Crippen molar-refractivity contribution >= 4 is 22.8 Å². The first kappa shape index (κ1) is 23.6. The Kier molecular flexibility index (Phi) is 8.22. The minimum Gasteiger partial charge on any atom is -0.467 e. The lowest BCUT2D eigenvalue weighted by Crippen LogP contribution is -2.32. The van der Waals surface area contributed by atoms with Crippen LogP contribution in [0.15, 0.2) is 77.2 Å². The summed E-state index contributed by atoms with van der Waals surface area (Å²) >= 11 is 1.69. The van der Waals surface area contributed by atoms with Gasteiger partial charge in [-0.1, -0.05) is 55.8 Å². The van der Waals surface area contributed by atoms with Gasteiger partial charge in [0.15, 0.2) is 0 Å². The van der Waals surface area contributed by atoms with E-state index in [9.17, 15) is 4.79 Å². The highest BCUT2D eigenvalue weighted by atomic mass is 32.1. The largest absolute Gasteiger partial charge is 0.467 e. The van der Waals surface area contributed by atoms with Crippen LogP contribution < -0.4 is 0 Å². The lowest BCUT2D eigenvalue weighted by atomic mass is 9.91. The topological polar surface area (TPSA) is 33.5 Å². The van der Waals surface area contributed by atoms with Gasteiger partial charge in [-0.25, -0.2) is 0 Å². The van der Waals surface area contributed by atoms with E-state index in [0.717, 1.165) is 36.5 Å². The fourth-order valence-corrected chi connectivity index (χ4v) is 5.81. The summed E-state index contributed by atoms with van der Waals surface area (Å²) in [6.45, 7) is 4.29. The van der Waals surface area contributed by atoms with E-state index >= 15 is 0 Å². The Morgan fingerprint density at radius 3 is 2.58 bits per heavy atom. The number of nitrogens with zero attached hydrogens (tertiary/aromatic N) is 1. The lowest BCUT2D eigenvalue weighted by Gasteiger charge is -2.29. The van der Waals surface area contributed by atoms with Crippen LogP contribution >= 0.6 is 11.3 Å². The molecule has 2 heterocycles. The third-order valence-corrected chi connectivity index (χ3v) is 8.05. The number of hydrogen-bond donors (Lipinski definition) is 0. The van der Waals surface area contributed by atoms with Gasteiger partial charge in [-0.05, 0) is 72.2 Å². The van der Waals surface area contributed by atoms with Crippen LogP contribution in [0, 0.1) is 11.8 Å². The zero-order valence-electron chi connectivity index (χ0n) is 19.6. The Morgan fingerprint density at radius 2 is 1.85 bits per heavy atom. The van der Waals surface area contributed by atoms with Crippen molar-refractivity contribution in [3.05, 3.63) is 89.0 Å². The zero-order valence-corrected chi connectivity index (χ0v) is 20.4. The molecule has 3 unspecified atom stereocenters. The normalized spacial score (nSPS) is 19.5. The average Bonchev–Trinajstić information content (AvgIpc) is 3.52. The highest BCUT2D eigenvalue weighted by Gasteiger charge is 2.28. The summed E-state index contributed by atoms with van der Waals surface area (Å²) in [5.41, 5.74) is 2.48. The van der Waals surface area contributed by atoms with Crippen LogP contribution in [0.3, 0.4) is 0 Å². The molecule has 174 valence electrons. The van der Waals surface area contributed by atoms with Gasteiger partial charge in [0.25, 0.3) is 0 Å². The molecule has 3 atom stereocenters. The molecular formula is C29H35NO2S. The minimum atomic E-state index is -0.126. The molecule has 0 bridgehead atoms. The van der Waals surface area contributed by atoms with E-state index in [2.05, 4.69) is 48.4 Å². The van der Waals surface area contributed by atoms with Gasteiger partial charge >= 0.3 is 0 Å². The SMILES string of the molecule is C=C(CC(c1ccco1)N(C)C(=O)CC1CCCC(Cc2ccccc2)CC1)c1cccs1. The molecule has 0 aliphatic heterocycles. The predicted octanol–water partition coefficient (Wildman–Crippen LogP) is 7.77. The Bertz CT molecular complexity index is 994. The molecular weight excluding hydrogens is 426 g/mol. The number of carbonyl (C=O) groups excluding carboxylic acids is 1. The van der Waals surface area contributed by atoms with Crippen LogP contribution in [0.25, 0.3) is 5.57 Å². The zero-order chi connectivity index (χ0) is 23.0. The molecule has 1 aliphatic carbocycles. The van der Waals surface area contributed by atoms with Crippen molar-refractivity contribution < 1.29 is 9.21 Å². The van der Waals surface area contributed by atoms with Crippen molar-refractivity contribution in [1.29, 1.82) is 0 Å². The summed E-state index contributed by atoms with van der Waals surface area (Å²) in [6, 6.07) is 18.7. The van der Waals surface area contributed by atoms with E-state index in [0.29, 0.717) is 18.8 Å². The van der Waals surface area contributed by atoms with E-state index < -0.39 is 0 Å². The number of rotatable bonds is 9. The second-order valence-corrected chi connectivity index (χ2v) is 10.4. The van der Waals surface area contributed by atoms with Crippen LogP contribution in [-0.4, -0.2) is 17.9 Å². The molecule has 1 saturated carbocycles. The van der Waals surface area contributed by atoms with Gasteiger partial charge in [0.1, 0.15) is 5.76 Å². The molecule has 1 aromatic carbocycles. The summed E-state index contributed by atoms with van der Waals surface area (Å²) in [6.07, 6.45) is 10.1. The second-order valence-electron chi connectivity index (χ2n) is 9.45. The number of furan rings is 1. The second kappa shape index (κ2) is 11.5. The van der Waals surface area contributed by atoms with E-state index in [-0.39, 0.29) is 11.9 Å². The molecule has 0 spiro atoms. The molecule has 3 nitrogen and oxygen atoms in total. The molecule has 2 aromatic heterocycles. The maximum absolute atomic E-state index is 13.4. The number of thiophene rings is 1. The number of carbonyl (C=O) groups is 1. The summed E-state index contributed by atoms with van der Waals surface area (Å²) < 4.78 is 5.73. The molecule has 33 heavy (non-hydrogen) atoms. The molecule has 3 aromatic rings. The van der Waals surface area contributed by atoms with E-state index in [4.69, 9.17) is 4.42 Å². The van der Waals surface area contributed by atoms with Crippen LogP contribution in [0.5, 0.6) is 0 Å². The van der Waals surface area contributed by atoms with Crippen molar-refractivity contribution in [1.82, 2.24) is 4.90 Å². The van der Waals surface area contributed by atoms with Crippen LogP contribution in [0.1, 0.15) is 67.2 Å². The molecule has 1 amide bonds. The fraction of sp³-hybridized carbons (Fsp3) is 0.414. The molecule has 4 rings (SSSR count). The summed E-state index contributed by atoms with van der Waals surface area (Å²) in [5.74, 6) is 2.24. The third-order valence-electron chi connectivity index (χ3n) is 7.08.